The van der Waals surface area contributed by atoms with Crippen LogP contribution in [-0.4, -0.2) is 54.0 Å². The largest absolute Gasteiger partial charge is 0.419 e. The number of nitrogens with zero attached hydrogens (tertiary/aromatic N) is 4. The Balaban J connectivity index is 1.41. The SMILES string of the molecule is Cc1cc(C)c(S(=O)(=O)N2CCN(Cc3nnc(-c4ccccc4)o3)CC2)c(C)c1. The van der Waals surface area contributed by atoms with Crippen molar-refractivity contribution >= 4 is 10.0 Å². The van der Waals surface area contributed by atoms with Gasteiger partial charge in [0.25, 0.3) is 0 Å². The zero-order valence-electron chi connectivity index (χ0n) is 17.5. The Morgan fingerprint density at radius 2 is 1.57 bits per heavy atom. The van der Waals surface area contributed by atoms with E-state index in [2.05, 4.69) is 15.1 Å². The van der Waals surface area contributed by atoms with Crippen LogP contribution in [-0.2, 0) is 16.6 Å². The van der Waals surface area contributed by atoms with Gasteiger partial charge in [0.1, 0.15) is 0 Å². The van der Waals surface area contributed by atoms with Crippen LogP contribution in [0.1, 0.15) is 22.6 Å². The van der Waals surface area contributed by atoms with E-state index in [1.54, 1.807) is 4.31 Å². The number of hydrogen-bond acceptors (Lipinski definition) is 6. The predicted molar refractivity (Wildman–Crippen MR) is 114 cm³/mol. The molecule has 1 aliphatic rings. The lowest BCUT2D eigenvalue weighted by Gasteiger charge is -2.33. The highest BCUT2D eigenvalue weighted by molar-refractivity contribution is 7.89. The highest BCUT2D eigenvalue weighted by Crippen LogP contribution is 2.26. The topological polar surface area (TPSA) is 79.5 Å². The minimum atomic E-state index is -3.51. The van der Waals surface area contributed by atoms with Gasteiger partial charge in [-0.05, 0) is 44.0 Å². The number of benzene rings is 2. The molecule has 7 nitrogen and oxygen atoms in total. The molecule has 0 aliphatic carbocycles. The Bertz CT molecular complexity index is 1110. The first-order valence-electron chi connectivity index (χ1n) is 10.0. The molecule has 0 atom stereocenters. The maximum absolute atomic E-state index is 13.2. The van der Waals surface area contributed by atoms with Gasteiger partial charge in [0.15, 0.2) is 0 Å². The van der Waals surface area contributed by atoms with Crippen molar-refractivity contribution in [2.75, 3.05) is 26.2 Å². The Kier molecular flexibility index (Phi) is 5.73. The molecule has 0 spiro atoms. The van der Waals surface area contributed by atoms with Crippen LogP contribution < -0.4 is 0 Å². The van der Waals surface area contributed by atoms with Crippen LogP contribution in [0.3, 0.4) is 0 Å². The lowest BCUT2D eigenvalue weighted by molar-refractivity contribution is 0.168. The zero-order valence-corrected chi connectivity index (χ0v) is 18.3. The van der Waals surface area contributed by atoms with Gasteiger partial charge in [-0.1, -0.05) is 35.9 Å². The number of sulfonamides is 1. The monoisotopic (exact) mass is 426 g/mol. The van der Waals surface area contributed by atoms with Crippen LogP contribution in [0.2, 0.25) is 0 Å². The van der Waals surface area contributed by atoms with E-state index in [1.165, 1.54) is 0 Å². The van der Waals surface area contributed by atoms with E-state index in [0.717, 1.165) is 22.3 Å². The second kappa shape index (κ2) is 8.29. The highest BCUT2D eigenvalue weighted by Gasteiger charge is 2.31. The van der Waals surface area contributed by atoms with Gasteiger partial charge in [-0.25, -0.2) is 8.42 Å². The first kappa shape index (κ1) is 20.7. The normalized spacial score (nSPS) is 16.1. The molecule has 0 bridgehead atoms. The Labute approximate surface area is 177 Å². The molecule has 1 saturated heterocycles. The van der Waals surface area contributed by atoms with Crippen molar-refractivity contribution in [2.24, 2.45) is 0 Å². The summed E-state index contributed by atoms with van der Waals surface area (Å²) in [6.45, 7) is 8.33. The van der Waals surface area contributed by atoms with E-state index in [9.17, 15) is 8.42 Å². The summed E-state index contributed by atoms with van der Waals surface area (Å²) in [5.41, 5.74) is 3.56. The molecule has 30 heavy (non-hydrogen) atoms. The zero-order chi connectivity index (χ0) is 21.3. The number of aromatic nitrogens is 2. The summed E-state index contributed by atoms with van der Waals surface area (Å²) < 4.78 is 33.8. The fourth-order valence-corrected chi connectivity index (χ4v) is 5.87. The van der Waals surface area contributed by atoms with Gasteiger partial charge >= 0.3 is 0 Å². The molecule has 0 radical (unpaired) electrons. The summed E-state index contributed by atoms with van der Waals surface area (Å²) in [6, 6.07) is 13.5. The van der Waals surface area contributed by atoms with Crippen LogP contribution in [0.5, 0.6) is 0 Å². The third-order valence-corrected chi connectivity index (χ3v) is 7.59. The van der Waals surface area contributed by atoms with Crippen molar-refractivity contribution in [3.8, 4) is 11.5 Å². The molecular weight excluding hydrogens is 400 g/mol. The molecule has 2 heterocycles. The Morgan fingerprint density at radius 1 is 0.933 bits per heavy atom. The first-order chi connectivity index (χ1) is 14.3. The number of piperazine rings is 1. The van der Waals surface area contributed by atoms with E-state index in [1.807, 2.05) is 63.2 Å². The summed E-state index contributed by atoms with van der Waals surface area (Å²) in [5, 5.41) is 8.27. The summed E-state index contributed by atoms with van der Waals surface area (Å²) in [7, 11) is -3.51. The van der Waals surface area contributed by atoms with E-state index in [4.69, 9.17) is 4.42 Å². The summed E-state index contributed by atoms with van der Waals surface area (Å²) in [4.78, 5) is 2.58. The maximum atomic E-state index is 13.2. The van der Waals surface area contributed by atoms with Gasteiger partial charge in [-0.2, -0.15) is 4.31 Å². The van der Waals surface area contributed by atoms with Gasteiger partial charge in [0.2, 0.25) is 21.8 Å². The lowest BCUT2D eigenvalue weighted by Crippen LogP contribution is -2.48. The molecule has 0 saturated carbocycles. The maximum Gasteiger partial charge on any atom is 0.247 e. The molecule has 0 amide bonds. The van der Waals surface area contributed by atoms with Crippen molar-refractivity contribution in [3.63, 3.8) is 0 Å². The lowest BCUT2D eigenvalue weighted by atomic mass is 10.1. The second-order valence-corrected chi connectivity index (χ2v) is 9.65. The van der Waals surface area contributed by atoms with Gasteiger partial charge in [0.05, 0.1) is 11.4 Å². The van der Waals surface area contributed by atoms with Gasteiger partial charge in [-0.3, -0.25) is 4.90 Å². The minimum Gasteiger partial charge on any atom is -0.419 e. The van der Waals surface area contributed by atoms with Crippen LogP contribution in [0.15, 0.2) is 51.8 Å². The smallest absolute Gasteiger partial charge is 0.247 e. The van der Waals surface area contributed by atoms with Crippen LogP contribution in [0.25, 0.3) is 11.5 Å². The third-order valence-electron chi connectivity index (χ3n) is 5.38. The third kappa shape index (κ3) is 4.16. The van der Waals surface area contributed by atoms with Crippen LogP contribution >= 0.6 is 0 Å². The van der Waals surface area contributed by atoms with Crippen LogP contribution in [0.4, 0.5) is 0 Å². The molecular formula is C22H26N4O3S. The number of hydrogen-bond donors (Lipinski definition) is 0. The van der Waals surface area contributed by atoms with Crippen molar-refractivity contribution in [1.82, 2.24) is 19.4 Å². The van der Waals surface area contributed by atoms with Crippen molar-refractivity contribution in [3.05, 3.63) is 65.0 Å². The summed E-state index contributed by atoms with van der Waals surface area (Å²) in [5.74, 6) is 1.03. The fourth-order valence-electron chi connectivity index (χ4n) is 4.04. The Morgan fingerprint density at radius 3 is 2.20 bits per heavy atom. The molecule has 158 valence electrons. The number of rotatable bonds is 5. The minimum absolute atomic E-state index is 0.436. The van der Waals surface area contributed by atoms with E-state index >= 15 is 0 Å². The number of aryl methyl sites for hydroxylation is 3. The molecule has 8 heteroatoms. The van der Waals surface area contributed by atoms with Crippen molar-refractivity contribution in [2.45, 2.75) is 32.2 Å². The predicted octanol–water partition coefficient (Wildman–Crippen LogP) is 3.17. The molecule has 3 aromatic rings. The Hall–Kier alpha value is -2.55. The second-order valence-electron chi connectivity index (χ2n) is 7.78. The molecule has 4 rings (SSSR count). The average molecular weight is 427 g/mol. The molecule has 2 aromatic carbocycles. The van der Waals surface area contributed by atoms with E-state index in [-0.39, 0.29) is 0 Å². The average Bonchev–Trinajstić information content (AvgIpc) is 3.16. The molecule has 1 aliphatic heterocycles. The molecule has 1 fully saturated rings. The molecule has 1 aromatic heterocycles. The fraction of sp³-hybridized carbons (Fsp3) is 0.364. The van der Waals surface area contributed by atoms with E-state index in [0.29, 0.717) is 49.4 Å². The molecule has 0 unspecified atom stereocenters. The quantitative estimate of drug-likeness (QED) is 0.624. The molecule has 0 N–H and O–H groups in total. The van der Waals surface area contributed by atoms with Crippen LogP contribution in [0, 0.1) is 20.8 Å². The van der Waals surface area contributed by atoms with Gasteiger partial charge in [0, 0.05) is 31.7 Å². The first-order valence-corrected chi connectivity index (χ1v) is 11.5. The van der Waals surface area contributed by atoms with E-state index < -0.39 is 10.0 Å². The summed E-state index contributed by atoms with van der Waals surface area (Å²) >= 11 is 0. The standard InChI is InChI=1S/C22H26N4O3S/c1-16-13-17(2)21(18(3)14-16)30(27,28)26-11-9-25(10-12-26)15-20-23-24-22(29-20)19-7-5-4-6-8-19/h4-8,13-14H,9-12,15H2,1-3H3. The summed E-state index contributed by atoms with van der Waals surface area (Å²) in [6.07, 6.45) is 0. The van der Waals surface area contributed by atoms with Gasteiger partial charge in [-0.15, -0.1) is 10.2 Å². The van der Waals surface area contributed by atoms with Gasteiger partial charge < -0.3 is 4.42 Å². The van der Waals surface area contributed by atoms with Crippen molar-refractivity contribution < 1.29 is 12.8 Å². The van der Waals surface area contributed by atoms with Crippen molar-refractivity contribution in [1.29, 1.82) is 0 Å². The highest BCUT2D eigenvalue weighted by atomic mass is 32.2.